The summed E-state index contributed by atoms with van der Waals surface area (Å²) < 4.78 is 2.19. The number of nitrogens with zero attached hydrogens (tertiary/aromatic N) is 2. The summed E-state index contributed by atoms with van der Waals surface area (Å²) in [5, 5.41) is 4.75. The zero-order valence-corrected chi connectivity index (χ0v) is 10.5. The Morgan fingerprint density at radius 2 is 2.18 bits per heavy atom. The highest BCUT2D eigenvalue weighted by Crippen LogP contribution is 2.24. The predicted octanol–water partition coefficient (Wildman–Crippen LogP) is 1.98. The lowest BCUT2D eigenvalue weighted by molar-refractivity contribution is 0.501. The molecular formula is C14H19N3. The van der Waals surface area contributed by atoms with Gasteiger partial charge in [-0.25, -0.2) is 0 Å². The van der Waals surface area contributed by atoms with Crippen LogP contribution in [0.5, 0.6) is 0 Å². The number of aromatic nitrogens is 1. The molecule has 1 aliphatic rings. The van der Waals surface area contributed by atoms with Crippen LogP contribution in [-0.2, 0) is 7.05 Å². The summed E-state index contributed by atoms with van der Waals surface area (Å²) in [6.07, 6.45) is 2.12. The molecule has 1 saturated heterocycles. The number of benzene rings is 1. The second-order valence-corrected chi connectivity index (χ2v) is 4.92. The third kappa shape index (κ3) is 1.80. The van der Waals surface area contributed by atoms with Crippen molar-refractivity contribution in [3.05, 3.63) is 30.5 Å². The Morgan fingerprint density at radius 1 is 1.29 bits per heavy atom. The molecule has 1 fully saturated rings. The first kappa shape index (κ1) is 10.7. The first-order valence-corrected chi connectivity index (χ1v) is 6.28. The van der Waals surface area contributed by atoms with Gasteiger partial charge >= 0.3 is 0 Å². The Bertz CT molecular complexity index is 529. The maximum atomic E-state index is 3.43. The summed E-state index contributed by atoms with van der Waals surface area (Å²) in [7, 11) is 2.10. The van der Waals surface area contributed by atoms with E-state index < -0.39 is 0 Å². The van der Waals surface area contributed by atoms with Crippen molar-refractivity contribution >= 4 is 16.6 Å². The van der Waals surface area contributed by atoms with Crippen molar-refractivity contribution in [3.63, 3.8) is 0 Å². The van der Waals surface area contributed by atoms with Crippen molar-refractivity contribution in [2.75, 3.05) is 24.5 Å². The molecule has 0 saturated carbocycles. The van der Waals surface area contributed by atoms with Gasteiger partial charge < -0.3 is 14.8 Å². The average Bonchev–Trinajstić information content (AvgIpc) is 2.71. The normalized spacial score (nSPS) is 21.1. The highest BCUT2D eigenvalue weighted by atomic mass is 15.2. The lowest BCUT2D eigenvalue weighted by atomic mass is 10.1. The topological polar surface area (TPSA) is 20.2 Å². The average molecular weight is 229 g/mol. The van der Waals surface area contributed by atoms with E-state index in [0.29, 0.717) is 6.04 Å². The number of fused-ring (bicyclic) bond motifs is 1. The Balaban J connectivity index is 2.01. The standard InChI is InChI=1S/C14H19N3/c1-11-10-15-6-8-17(11)13-4-3-12-5-7-16(2)14(12)9-13/h3-5,7,9,11,15H,6,8,10H2,1-2H3/t11-/m0/s1. The van der Waals surface area contributed by atoms with Crippen LogP contribution < -0.4 is 10.2 Å². The molecule has 0 spiro atoms. The van der Waals surface area contributed by atoms with Crippen LogP contribution in [0.25, 0.3) is 10.9 Å². The van der Waals surface area contributed by atoms with E-state index in [1.54, 1.807) is 0 Å². The summed E-state index contributed by atoms with van der Waals surface area (Å²) in [6, 6.07) is 9.50. The quantitative estimate of drug-likeness (QED) is 0.807. The second kappa shape index (κ2) is 4.08. The van der Waals surface area contributed by atoms with Crippen LogP contribution in [0.1, 0.15) is 6.92 Å². The van der Waals surface area contributed by atoms with Crippen LogP contribution >= 0.6 is 0 Å². The number of hydrogen-bond donors (Lipinski definition) is 1. The number of rotatable bonds is 1. The minimum atomic E-state index is 0.571. The summed E-state index contributed by atoms with van der Waals surface area (Å²) in [6.45, 7) is 5.53. The van der Waals surface area contributed by atoms with Crippen molar-refractivity contribution in [2.45, 2.75) is 13.0 Å². The zero-order valence-electron chi connectivity index (χ0n) is 10.5. The first-order valence-electron chi connectivity index (χ1n) is 6.28. The van der Waals surface area contributed by atoms with Crippen LogP contribution in [-0.4, -0.2) is 30.2 Å². The van der Waals surface area contributed by atoms with E-state index in [0.717, 1.165) is 19.6 Å². The van der Waals surface area contributed by atoms with Crippen molar-refractivity contribution in [1.29, 1.82) is 0 Å². The third-order valence-corrected chi connectivity index (χ3v) is 3.70. The lowest BCUT2D eigenvalue weighted by Crippen LogP contribution is -2.49. The predicted molar refractivity (Wildman–Crippen MR) is 72.6 cm³/mol. The van der Waals surface area contributed by atoms with Gasteiger partial charge in [-0.3, -0.25) is 0 Å². The summed E-state index contributed by atoms with van der Waals surface area (Å²) in [5.41, 5.74) is 2.65. The summed E-state index contributed by atoms with van der Waals surface area (Å²) in [4.78, 5) is 2.49. The SMILES string of the molecule is C[C@H]1CNCCN1c1ccc2ccn(C)c2c1. The van der Waals surface area contributed by atoms with E-state index in [1.807, 2.05) is 0 Å². The van der Waals surface area contributed by atoms with Gasteiger partial charge in [-0.05, 0) is 30.5 Å². The molecule has 2 aromatic rings. The molecule has 3 rings (SSSR count). The maximum Gasteiger partial charge on any atom is 0.0498 e. The molecule has 1 aromatic heterocycles. The van der Waals surface area contributed by atoms with Crippen LogP contribution in [0, 0.1) is 0 Å². The van der Waals surface area contributed by atoms with Crippen molar-refractivity contribution in [1.82, 2.24) is 9.88 Å². The van der Waals surface area contributed by atoms with Gasteiger partial charge in [-0.1, -0.05) is 6.07 Å². The Labute approximate surface area is 102 Å². The Kier molecular flexibility index (Phi) is 2.56. The second-order valence-electron chi connectivity index (χ2n) is 4.92. The number of piperazine rings is 1. The Hall–Kier alpha value is -1.48. The van der Waals surface area contributed by atoms with Crippen LogP contribution in [0.15, 0.2) is 30.5 Å². The van der Waals surface area contributed by atoms with E-state index >= 15 is 0 Å². The minimum absolute atomic E-state index is 0.571. The van der Waals surface area contributed by atoms with E-state index in [1.165, 1.54) is 16.6 Å². The molecular weight excluding hydrogens is 210 g/mol. The van der Waals surface area contributed by atoms with Crippen molar-refractivity contribution < 1.29 is 0 Å². The van der Waals surface area contributed by atoms with Gasteiger partial charge in [0.2, 0.25) is 0 Å². The highest BCUT2D eigenvalue weighted by Gasteiger charge is 2.18. The lowest BCUT2D eigenvalue weighted by Gasteiger charge is -2.36. The Morgan fingerprint density at radius 3 is 3.00 bits per heavy atom. The van der Waals surface area contributed by atoms with Gasteiger partial charge in [0.25, 0.3) is 0 Å². The van der Waals surface area contributed by atoms with Gasteiger partial charge in [0.15, 0.2) is 0 Å². The minimum Gasteiger partial charge on any atom is -0.366 e. The molecule has 1 aromatic carbocycles. The fourth-order valence-electron chi connectivity index (χ4n) is 2.65. The number of nitrogens with one attached hydrogen (secondary N) is 1. The largest absolute Gasteiger partial charge is 0.366 e. The first-order chi connectivity index (χ1) is 8.25. The molecule has 0 radical (unpaired) electrons. The maximum absolute atomic E-state index is 3.43. The molecule has 90 valence electrons. The zero-order chi connectivity index (χ0) is 11.8. The van der Waals surface area contributed by atoms with Crippen molar-refractivity contribution in [3.8, 4) is 0 Å². The van der Waals surface area contributed by atoms with Gasteiger partial charge in [0, 0.05) is 50.1 Å². The molecule has 1 atom stereocenters. The van der Waals surface area contributed by atoms with Crippen LogP contribution in [0.3, 0.4) is 0 Å². The highest BCUT2D eigenvalue weighted by molar-refractivity contribution is 5.83. The third-order valence-electron chi connectivity index (χ3n) is 3.70. The smallest absolute Gasteiger partial charge is 0.0498 e. The monoisotopic (exact) mass is 229 g/mol. The van der Waals surface area contributed by atoms with Crippen LogP contribution in [0.2, 0.25) is 0 Å². The molecule has 2 heterocycles. The number of aryl methyl sites for hydroxylation is 1. The van der Waals surface area contributed by atoms with E-state index in [4.69, 9.17) is 0 Å². The number of hydrogen-bond acceptors (Lipinski definition) is 2. The van der Waals surface area contributed by atoms with Crippen LogP contribution in [0.4, 0.5) is 5.69 Å². The number of anilines is 1. The van der Waals surface area contributed by atoms with Gasteiger partial charge in [0.1, 0.15) is 0 Å². The molecule has 0 aliphatic carbocycles. The molecule has 1 aliphatic heterocycles. The van der Waals surface area contributed by atoms with Gasteiger partial charge in [0.05, 0.1) is 0 Å². The molecule has 3 heteroatoms. The van der Waals surface area contributed by atoms with Gasteiger partial charge in [-0.2, -0.15) is 0 Å². The molecule has 17 heavy (non-hydrogen) atoms. The fraction of sp³-hybridized carbons (Fsp3) is 0.429. The molecule has 0 amide bonds. The summed E-state index contributed by atoms with van der Waals surface area (Å²) in [5.74, 6) is 0. The molecule has 0 unspecified atom stereocenters. The molecule has 1 N–H and O–H groups in total. The van der Waals surface area contributed by atoms with E-state index in [9.17, 15) is 0 Å². The van der Waals surface area contributed by atoms with E-state index in [-0.39, 0.29) is 0 Å². The van der Waals surface area contributed by atoms with Crippen molar-refractivity contribution in [2.24, 2.45) is 7.05 Å². The van der Waals surface area contributed by atoms with Gasteiger partial charge in [-0.15, -0.1) is 0 Å². The molecule has 0 bridgehead atoms. The fourth-order valence-corrected chi connectivity index (χ4v) is 2.65. The summed E-state index contributed by atoms with van der Waals surface area (Å²) >= 11 is 0. The van der Waals surface area contributed by atoms with E-state index in [2.05, 4.69) is 59.2 Å². The molecule has 3 nitrogen and oxygen atoms in total.